The second kappa shape index (κ2) is 7.13. The maximum absolute atomic E-state index is 12.3. The van der Waals surface area contributed by atoms with Crippen molar-refractivity contribution in [1.82, 2.24) is 9.80 Å². The fourth-order valence-electron chi connectivity index (χ4n) is 2.76. The molecule has 7 nitrogen and oxygen atoms in total. The van der Waals surface area contributed by atoms with Crippen LogP contribution in [0.2, 0.25) is 0 Å². The zero-order valence-corrected chi connectivity index (χ0v) is 12.7. The molecule has 2 amide bonds. The van der Waals surface area contributed by atoms with E-state index in [0.717, 1.165) is 18.6 Å². The second-order valence-electron chi connectivity index (χ2n) is 5.48. The number of amides is 2. The highest BCUT2D eigenvalue weighted by Crippen LogP contribution is 2.19. The van der Waals surface area contributed by atoms with Crippen molar-refractivity contribution in [1.29, 1.82) is 0 Å². The molecule has 2 fully saturated rings. The monoisotopic (exact) mass is 315 g/mol. The van der Waals surface area contributed by atoms with Crippen molar-refractivity contribution in [2.24, 2.45) is 11.7 Å². The number of nitrogens with zero attached hydrogens (tertiary/aromatic N) is 2. The molecule has 3 N–H and O–H groups in total. The highest BCUT2D eigenvalue weighted by molar-refractivity contribution is 7.99. The SMILES string of the molecule is NC(=O)C1CCCN(C(=O)CN2CCSCC2C(=O)O)C1. The quantitative estimate of drug-likeness (QED) is 0.705. The Morgan fingerprint density at radius 2 is 2.05 bits per heavy atom. The van der Waals surface area contributed by atoms with Crippen molar-refractivity contribution in [3.8, 4) is 0 Å². The molecule has 0 saturated carbocycles. The van der Waals surface area contributed by atoms with Gasteiger partial charge in [0.15, 0.2) is 0 Å². The molecule has 21 heavy (non-hydrogen) atoms. The fraction of sp³-hybridized carbons (Fsp3) is 0.769. The third-order valence-electron chi connectivity index (χ3n) is 4.04. The zero-order chi connectivity index (χ0) is 15.4. The van der Waals surface area contributed by atoms with Gasteiger partial charge in [-0.25, -0.2) is 0 Å². The lowest BCUT2D eigenvalue weighted by Gasteiger charge is -2.36. The van der Waals surface area contributed by atoms with E-state index >= 15 is 0 Å². The van der Waals surface area contributed by atoms with E-state index in [2.05, 4.69) is 0 Å². The molecule has 8 heteroatoms. The van der Waals surface area contributed by atoms with Crippen LogP contribution in [0.5, 0.6) is 0 Å². The van der Waals surface area contributed by atoms with E-state index in [9.17, 15) is 19.5 Å². The minimum Gasteiger partial charge on any atom is -0.480 e. The number of likely N-dealkylation sites (tertiary alicyclic amines) is 1. The Hall–Kier alpha value is -1.28. The molecule has 118 valence electrons. The molecule has 2 rings (SSSR count). The summed E-state index contributed by atoms with van der Waals surface area (Å²) < 4.78 is 0. The van der Waals surface area contributed by atoms with Crippen LogP contribution in [0.1, 0.15) is 12.8 Å². The van der Waals surface area contributed by atoms with E-state index in [1.54, 1.807) is 21.6 Å². The Morgan fingerprint density at radius 1 is 1.29 bits per heavy atom. The van der Waals surface area contributed by atoms with Crippen molar-refractivity contribution >= 4 is 29.5 Å². The third-order valence-corrected chi connectivity index (χ3v) is 5.06. The molecule has 2 saturated heterocycles. The van der Waals surface area contributed by atoms with Crippen LogP contribution in [-0.2, 0) is 14.4 Å². The Morgan fingerprint density at radius 3 is 2.71 bits per heavy atom. The molecule has 0 aromatic rings. The minimum absolute atomic E-state index is 0.100. The van der Waals surface area contributed by atoms with Crippen LogP contribution in [0.15, 0.2) is 0 Å². The van der Waals surface area contributed by atoms with Gasteiger partial charge in [-0.1, -0.05) is 0 Å². The average molecular weight is 315 g/mol. The van der Waals surface area contributed by atoms with Gasteiger partial charge in [0.05, 0.1) is 12.5 Å². The van der Waals surface area contributed by atoms with E-state index < -0.39 is 12.0 Å². The van der Waals surface area contributed by atoms with Gasteiger partial charge < -0.3 is 15.7 Å². The van der Waals surface area contributed by atoms with Gasteiger partial charge in [0.1, 0.15) is 6.04 Å². The second-order valence-corrected chi connectivity index (χ2v) is 6.63. The molecule has 0 aliphatic carbocycles. The summed E-state index contributed by atoms with van der Waals surface area (Å²) in [6.07, 6.45) is 1.48. The number of rotatable bonds is 4. The molecular weight excluding hydrogens is 294 g/mol. The zero-order valence-electron chi connectivity index (χ0n) is 11.9. The number of nitrogens with two attached hydrogens (primary N) is 1. The smallest absolute Gasteiger partial charge is 0.321 e. The normalized spacial score (nSPS) is 27.3. The minimum atomic E-state index is -0.886. The standard InChI is InChI=1S/C13H21N3O4S/c14-12(18)9-2-1-3-16(6-9)11(17)7-15-4-5-21-8-10(15)13(19)20/h9-10H,1-8H2,(H2,14,18)(H,19,20). The molecule has 0 aromatic heterocycles. The first-order chi connectivity index (χ1) is 9.99. The highest BCUT2D eigenvalue weighted by atomic mass is 32.2. The summed E-state index contributed by atoms with van der Waals surface area (Å²) in [6, 6.07) is -0.607. The van der Waals surface area contributed by atoms with Gasteiger partial charge >= 0.3 is 5.97 Å². The predicted molar refractivity (Wildman–Crippen MR) is 78.8 cm³/mol. The average Bonchev–Trinajstić information content (AvgIpc) is 2.47. The lowest BCUT2D eigenvalue weighted by Crippen LogP contribution is -2.53. The van der Waals surface area contributed by atoms with Crippen LogP contribution < -0.4 is 5.73 Å². The predicted octanol–water partition coefficient (Wildman–Crippen LogP) is -0.788. The van der Waals surface area contributed by atoms with Crippen LogP contribution in [0.4, 0.5) is 0 Å². The molecule has 0 bridgehead atoms. The van der Waals surface area contributed by atoms with Crippen LogP contribution in [0.25, 0.3) is 0 Å². The van der Waals surface area contributed by atoms with Crippen LogP contribution in [0.3, 0.4) is 0 Å². The van der Waals surface area contributed by atoms with Gasteiger partial charge in [-0.05, 0) is 12.8 Å². The first-order valence-corrected chi connectivity index (χ1v) is 8.26. The molecule has 0 aromatic carbocycles. The van der Waals surface area contributed by atoms with Crippen molar-refractivity contribution in [3.05, 3.63) is 0 Å². The molecule has 2 aliphatic rings. The summed E-state index contributed by atoms with van der Waals surface area (Å²) in [4.78, 5) is 38.2. The van der Waals surface area contributed by atoms with Crippen LogP contribution in [-0.4, -0.2) is 76.4 Å². The molecule has 2 aliphatic heterocycles. The number of hydrogen-bond donors (Lipinski definition) is 2. The van der Waals surface area contributed by atoms with Gasteiger partial charge in [0.2, 0.25) is 11.8 Å². The fourth-order valence-corrected chi connectivity index (χ4v) is 3.87. The number of aliphatic carboxylic acids is 1. The number of hydrogen-bond acceptors (Lipinski definition) is 5. The number of carbonyl (C=O) groups excluding carboxylic acids is 2. The molecule has 2 unspecified atom stereocenters. The van der Waals surface area contributed by atoms with Crippen molar-refractivity contribution in [3.63, 3.8) is 0 Å². The van der Waals surface area contributed by atoms with Gasteiger partial charge in [0.25, 0.3) is 0 Å². The van der Waals surface area contributed by atoms with Crippen molar-refractivity contribution in [2.75, 3.05) is 37.7 Å². The first-order valence-electron chi connectivity index (χ1n) is 7.10. The Balaban J connectivity index is 1.93. The van der Waals surface area contributed by atoms with Crippen molar-refractivity contribution < 1.29 is 19.5 Å². The van der Waals surface area contributed by atoms with E-state index in [0.29, 0.717) is 25.4 Å². The van der Waals surface area contributed by atoms with E-state index in [1.807, 2.05) is 0 Å². The topological polar surface area (TPSA) is 104 Å². The lowest BCUT2D eigenvalue weighted by atomic mass is 9.97. The number of thioether (sulfide) groups is 1. The first kappa shape index (κ1) is 16.1. The molecular formula is C13H21N3O4S. The largest absolute Gasteiger partial charge is 0.480 e. The number of carboxylic acids is 1. The Bertz CT molecular complexity index is 432. The maximum Gasteiger partial charge on any atom is 0.321 e. The summed E-state index contributed by atoms with van der Waals surface area (Å²) in [5.74, 6) is -0.309. The number of primary amides is 1. The van der Waals surface area contributed by atoms with Crippen LogP contribution in [0, 0.1) is 5.92 Å². The van der Waals surface area contributed by atoms with Crippen molar-refractivity contribution in [2.45, 2.75) is 18.9 Å². The number of piperidine rings is 1. The van der Waals surface area contributed by atoms with E-state index in [1.165, 1.54) is 0 Å². The van der Waals surface area contributed by atoms with Gasteiger partial charge in [-0.15, -0.1) is 0 Å². The molecule has 2 heterocycles. The molecule has 0 spiro atoms. The molecule has 0 radical (unpaired) electrons. The Labute approximate surface area is 127 Å². The van der Waals surface area contributed by atoms with E-state index in [-0.39, 0.29) is 24.3 Å². The maximum atomic E-state index is 12.3. The summed E-state index contributed by atoms with van der Waals surface area (Å²) in [5.41, 5.74) is 5.31. The number of carbonyl (C=O) groups is 3. The van der Waals surface area contributed by atoms with Crippen LogP contribution >= 0.6 is 11.8 Å². The number of carboxylic acid groups (broad SMARTS) is 1. The Kier molecular flexibility index (Phi) is 5.46. The summed E-state index contributed by atoms with van der Waals surface area (Å²) in [7, 11) is 0. The highest BCUT2D eigenvalue weighted by Gasteiger charge is 2.33. The van der Waals surface area contributed by atoms with E-state index in [4.69, 9.17) is 5.73 Å². The lowest BCUT2D eigenvalue weighted by molar-refractivity contribution is -0.144. The van der Waals surface area contributed by atoms with Gasteiger partial charge in [-0.3, -0.25) is 19.3 Å². The molecule has 2 atom stereocenters. The summed E-state index contributed by atoms with van der Waals surface area (Å²) >= 11 is 1.59. The third kappa shape index (κ3) is 4.10. The van der Waals surface area contributed by atoms with Gasteiger partial charge in [0, 0.05) is 31.1 Å². The summed E-state index contributed by atoms with van der Waals surface area (Å²) in [6.45, 7) is 1.67. The van der Waals surface area contributed by atoms with Gasteiger partial charge in [-0.2, -0.15) is 11.8 Å². The summed E-state index contributed by atoms with van der Waals surface area (Å²) in [5, 5.41) is 9.21.